The van der Waals surface area contributed by atoms with Crippen LogP contribution in [0.25, 0.3) is 0 Å². The zero-order valence-electron chi connectivity index (χ0n) is 12.8. The zero-order valence-corrected chi connectivity index (χ0v) is 13.7. The normalized spacial score (nSPS) is 14.1. The lowest BCUT2D eigenvalue weighted by molar-refractivity contribution is -0.121. The molecular weight excluding hydrogens is 294 g/mol. The number of methoxy groups -OCH3 is 2. The minimum Gasteiger partial charge on any atom is -0.497 e. The van der Waals surface area contributed by atoms with Crippen molar-refractivity contribution in [2.24, 2.45) is 0 Å². The van der Waals surface area contributed by atoms with Crippen LogP contribution in [-0.2, 0) is 14.6 Å². The Kier molecular flexibility index (Phi) is 5.60. The maximum atomic E-state index is 11.9. The Morgan fingerprint density at radius 3 is 2.29 bits per heavy atom. The summed E-state index contributed by atoms with van der Waals surface area (Å²) in [6.45, 7) is 3.12. The topological polar surface area (TPSA) is 81.7 Å². The van der Waals surface area contributed by atoms with Crippen LogP contribution in [0.15, 0.2) is 18.2 Å². The van der Waals surface area contributed by atoms with Crippen molar-refractivity contribution < 1.29 is 22.7 Å². The summed E-state index contributed by atoms with van der Waals surface area (Å²) in [6.07, 6.45) is 1.04. The van der Waals surface area contributed by atoms with E-state index < -0.39 is 21.0 Å². The summed E-state index contributed by atoms with van der Waals surface area (Å²) in [7, 11) is -0.351. The number of rotatable bonds is 6. The average Bonchev–Trinajstić information content (AvgIpc) is 2.44. The first-order valence-electron chi connectivity index (χ1n) is 6.41. The van der Waals surface area contributed by atoms with Crippen LogP contribution in [0.3, 0.4) is 0 Å². The number of nitrogens with one attached hydrogen (secondary N) is 1. The second-order valence-electron chi connectivity index (χ2n) is 4.81. The van der Waals surface area contributed by atoms with Crippen LogP contribution < -0.4 is 14.8 Å². The molecule has 2 unspecified atom stereocenters. The summed E-state index contributed by atoms with van der Waals surface area (Å²) in [6, 6.07) is 4.84. The van der Waals surface area contributed by atoms with Crippen LogP contribution in [-0.4, -0.2) is 40.1 Å². The van der Waals surface area contributed by atoms with Gasteiger partial charge in [0.05, 0.1) is 20.3 Å². The first-order chi connectivity index (χ1) is 9.70. The maximum Gasteiger partial charge on any atom is 0.238 e. The monoisotopic (exact) mass is 315 g/mol. The van der Waals surface area contributed by atoms with Gasteiger partial charge in [0, 0.05) is 17.9 Å². The van der Waals surface area contributed by atoms with E-state index >= 15 is 0 Å². The number of benzene rings is 1. The molecule has 1 amide bonds. The molecule has 118 valence electrons. The van der Waals surface area contributed by atoms with Crippen molar-refractivity contribution in [3.63, 3.8) is 0 Å². The molecule has 0 saturated carbocycles. The Morgan fingerprint density at radius 1 is 1.19 bits per heavy atom. The van der Waals surface area contributed by atoms with Crippen molar-refractivity contribution >= 4 is 15.7 Å². The van der Waals surface area contributed by atoms with Crippen LogP contribution in [0.2, 0.25) is 0 Å². The average molecular weight is 315 g/mol. The Labute approximate surface area is 125 Å². The summed E-state index contributed by atoms with van der Waals surface area (Å²) in [5.41, 5.74) is 0.743. The molecule has 1 N–H and O–H groups in total. The smallest absolute Gasteiger partial charge is 0.238 e. The van der Waals surface area contributed by atoms with Gasteiger partial charge in [-0.1, -0.05) is 0 Å². The van der Waals surface area contributed by atoms with Gasteiger partial charge in [-0.3, -0.25) is 4.79 Å². The van der Waals surface area contributed by atoms with Gasteiger partial charge in [0.25, 0.3) is 0 Å². The third-order valence-electron chi connectivity index (χ3n) is 3.28. The maximum absolute atomic E-state index is 11.9. The van der Waals surface area contributed by atoms with Crippen molar-refractivity contribution in [1.29, 1.82) is 0 Å². The predicted octanol–water partition coefficient (Wildman–Crippen LogP) is 1.31. The Balaban J connectivity index is 2.94. The number of hydrogen-bond donors (Lipinski definition) is 1. The molecule has 1 rings (SSSR count). The molecule has 21 heavy (non-hydrogen) atoms. The number of hydrogen-bond acceptors (Lipinski definition) is 5. The molecule has 0 spiro atoms. The first kappa shape index (κ1) is 17.3. The summed E-state index contributed by atoms with van der Waals surface area (Å²) in [5.74, 6) is 0.663. The third-order valence-corrected chi connectivity index (χ3v) is 4.78. The quantitative estimate of drug-likeness (QED) is 0.856. The van der Waals surface area contributed by atoms with E-state index in [1.165, 1.54) is 14.0 Å². The SMILES string of the molecule is COc1ccc(C(C)NC(=O)C(C)S(C)(=O)=O)c(OC)c1. The molecule has 1 aromatic carbocycles. The van der Waals surface area contributed by atoms with Gasteiger partial charge in [-0.15, -0.1) is 0 Å². The van der Waals surface area contributed by atoms with Gasteiger partial charge in [0.1, 0.15) is 16.7 Å². The van der Waals surface area contributed by atoms with Crippen molar-refractivity contribution in [1.82, 2.24) is 5.32 Å². The number of carbonyl (C=O) groups excluding carboxylic acids is 1. The van der Waals surface area contributed by atoms with Crippen molar-refractivity contribution in [3.8, 4) is 11.5 Å². The fourth-order valence-corrected chi connectivity index (χ4v) is 2.24. The molecule has 0 aliphatic rings. The Bertz CT molecular complexity index is 612. The second-order valence-corrected chi connectivity index (χ2v) is 7.18. The van der Waals surface area contributed by atoms with Gasteiger partial charge in [0.15, 0.2) is 9.84 Å². The van der Waals surface area contributed by atoms with E-state index in [1.54, 1.807) is 32.2 Å². The number of sulfone groups is 1. The molecule has 0 fully saturated rings. The standard InChI is InChI=1S/C14H21NO5S/c1-9(15-14(16)10(2)21(5,17)18)12-7-6-11(19-3)8-13(12)20-4/h6-10H,1-5H3,(H,15,16). The fraction of sp³-hybridized carbons (Fsp3) is 0.500. The van der Waals surface area contributed by atoms with E-state index in [1.807, 2.05) is 0 Å². The third kappa shape index (κ3) is 4.35. The Hall–Kier alpha value is -1.76. The predicted molar refractivity (Wildman–Crippen MR) is 80.4 cm³/mol. The van der Waals surface area contributed by atoms with Gasteiger partial charge < -0.3 is 14.8 Å². The minimum absolute atomic E-state index is 0.387. The summed E-state index contributed by atoms with van der Waals surface area (Å²) < 4.78 is 33.2. The molecule has 0 saturated heterocycles. The molecule has 6 nitrogen and oxygen atoms in total. The van der Waals surface area contributed by atoms with E-state index in [2.05, 4.69) is 5.32 Å². The molecule has 0 radical (unpaired) electrons. The van der Waals surface area contributed by atoms with Crippen LogP contribution in [0.1, 0.15) is 25.5 Å². The summed E-state index contributed by atoms with van der Waals surface area (Å²) in [5, 5.41) is 1.58. The summed E-state index contributed by atoms with van der Waals surface area (Å²) >= 11 is 0. The molecule has 0 bridgehead atoms. The van der Waals surface area contributed by atoms with Gasteiger partial charge in [-0.25, -0.2) is 8.42 Å². The lowest BCUT2D eigenvalue weighted by Gasteiger charge is -2.19. The lowest BCUT2D eigenvalue weighted by atomic mass is 10.1. The molecule has 0 aromatic heterocycles. The van der Waals surface area contributed by atoms with E-state index in [0.717, 1.165) is 11.8 Å². The molecular formula is C14H21NO5S. The molecule has 2 atom stereocenters. The summed E-state index contributed by atoms with van der Waals surface area (Å²) in [4.78, 5) is 11.9. The van der Waals surface area contributed by atoms with Crippen LogP contribution in [0.4, 0.5) is 0 Å². The van der Waals surface area contributed by atoms with Crippen LogP contribution >= 0.6 is 0 Å². The molecule has 0 aliphatic heterocycles. The molecule has 1 aromatic rings. The van der Waals surface area contributed by atoms with E-state index in [4.69, 9.17) is 9.47 Å². The second kappa shape index (κ2) is 6.80. The van der Waals surface area contributed by atoms with Gasteiger partial charge in [0.2, 0.25) is 5.91 Å². The van der Waals surface area contributed by atoms with Gasteiger partial charge in [-0.2, -0.15) is 0 Å². The highest BCUT2D eigenvalue weighted by Gasteiger charge is 2.25. The lowest BCUT2D eigenvalue weighted by Crippen LogP contribution is -2.38. The van der Waals surface area contributed by atoms with E-state index in [9.17, 15) is 13.2 Å². The van der Waals surface area contributed by atoms with Crippen molar-refractivity contribution in [2.75, 3.05) is 20.5 Å². The van der Waals surface area contributed by atoms with Gasteiger partial charge in [-0.05, 0) is 26.0 Å². The highest BCUT2D eigenvalue weighted by molar-refractivity contribution is 7.92. The largest absolute Gasteiger partial charge is 0.497 e. The number of amides is 1. The van der Waals surface area contributed by atoms with Crippen molar-refractivity contribution in [3.05, 3.63) is 23.8 Å². The van der Waals surface area contributed by atoms with Crippen LogP contribution in [0, 0.1) is 0 Å². The first-order valence-corrected chi connectivity index (χ1v) is 8.37. The van der Waals surface area contributed by atoms with Crippen LogP contribution in [0.5, 0.6) is 11.5 Å². The van der Waals surface area contributed by atoms with Crippen molar-refractivity contribution in [2.45, 2.75) is 25.1 Å². The van der Waals surface area contributed by atoms with E-state index in [0.29, 0.717) is 11.5 Å². The highest BCUT2D eigenvalue weighted by Crippen LogP contribution is 2.29. The molecule has 0 heterocycles. The zero-order chi connectivity index (χ0) is 16.2. The number of ether oxygens (including phenoxy) is 2. The number of carbonyl (C=O) groups is 1. The fourth-order valence-electron chi connectivity index (χ4n) is 1.78. The van der Waals surface area contributed by atoms with E-state index in [-0.39, 0.29) is 6.04 Å². The molecule has 0 aliphatic carbocycles. The minimum atomic E-state index is -3.42. The highest BCUT2D eigenvalue weighted by atomic mass is 32.2. The molecule has 7 heteroatoms. The van der Waals surface area contributed by atoms with Gasteiger partial charge >= 0.3 is 0 Å². The Morgan fingerprint density at radius 2 is 1.81 bits per heavy atom.